The van der Waals surface area contributed by atoms with Crippen LogP contribution in [0.25, 0.3) is 0 Å². The summed E-state index contributed by atoms with van der Waals surface area (Å²) in [6.07, 6.45) is 2.24. The number of carbonyl (C=O) groups excluding carboxylic acids is 2. The molecule has 0 bridgehead atoms. The Labute approximate surface area is 136 Å². The molecule has 0 fully saturated rings. The van der Waals surface area contributed by atoms with Crippen LogP contribution in [-0.2, 0) is 29.8 Å². The highest BCUT2D eigenvalue weighted by Crippen LogP contribution is 2.43. The molecule has 0 heterocycles. The number of rotatable bonds is 10. The van der Waals surface area contributed by atoms with Crippen LogP contribution in [-0.4, -0.2) is 30.1 Å². The van der Waals surface area contributed by atoms with Gasteiger partial charge in [0.1, 0.15) is 0 Å². The number of hydrogen-bond acceptors (Lipinski definition) is 5. The van der Waals surface area contributed by atoms with E-state index in [2.05, 4.69) is 9.26 Å². The van der Waals surface area contributed by atoms with Gasteiger partial charge in [0.25, 0.3) is 0 Å². The first kappa shape index (κ1) is 19.4. The second-order valence-corrected chi connectivity index (χ2v) is 7.10. The highest BCUT2D eigenvalue weighted by Gasteiger charge is 2.23. The Morgan fingerprint density at radius 3 is 2.35 bits per heavy atom. The van der Waals surface area contributed by atoms with Gasteiger partial charge in [0.15, 0.2) is 0 Å². The minimum atomic E-state index is -3.91. The minimum absolute atomic E-state index is 0.0530. The van der Waals surface area contributed by atoms with Crippen LogP contribution in [0.1, 0.15) is 37.7 Å². The molecule has 0 spiro atoms. The fourth-order valence-electron chi connectivity index (χ4n) is 2.01. The number of aryl methyl sites for hydroxylation is 1. The number of esters is 1. The summed E-state index contributed by atoms with van der Waals surface area (Å²) in [4.78, 5) is 32.0. The maximum atomic E-state index is 11.8. The summed E-state index contributed by atoms with van der Waals surface area (Å²) in [6, 6.07) is 9.83. The summed E-state index contributed by atoms with van der Waals surface area (Å²) < 4.78 is 20.9. The molecule has 0 amide bonds. The predicted molar refractivity (Wildman–Crippen MR) is 86.0 cm³/mol. The summed E-state index contributed by atoms with van der Waals surface area (Å²) >= 11 is 0. The molecule has 0 aliphatic rings. The molecule has 7 heteroatoms. The Balaban J connectivity index is 2.20. The summed E-state index contributed by atoms with van der Waals surface area (Å²) in [7, 11) is -2.64. The lowest BCUT2D eigenvalue weighted by Crippen LogP contribution is -2.07. The maximum absolute atomic E-state index is 11.8. The smallest absolute Gasteiger partial charge is 0.378 e. The van der Waals surface area contributed by atoms with Crippen LogP contribution in [0.3, 0.4) is 0 Å². The van der Waals surface area contributed by atoms with Gasteiger partial charge in [0, 0.05) is 12.8 Å². The lowest BCUT2D eigenvalue weighted by molar-refractivity contribution is -0.141. The molecule has 1 aromatic rings. The van der Waals surface area contributed by atoms with E-state index in [-0.39, 0.29) is 25.4 Å². The summed E-state index contributed by atoms with van der Waals surface area (Å²) in [6.45, 7) is 0. The molecule has 0 saturated heterocycles. The van der Waals surface area contributed by atoms with Crippen molar-refractivity contribution in [3.05, 3.63) is 35.9 Å². The lowest BCUT2D eigenvalue weighted by atomic mass is 10.1. The average molecular weight is 342 g/mol. The van der Waals surface area contributed by atoms with Gasteiger partial charge >= 0.3 is 19.5 Å². The molecule has 128 valence electrons. The summed E-state index contributed by atoms with van der Waals surface area (Å²) in [5.74, 6) is -1.19. The van der Waals surface area contributed by atoms with Crippen LogP contribution in [0.5, 0.6) is 0 Å². The fourth-order valence-corrected chi connectivity index (χ4v) is 3.14. The summed E-state index contributed by atoms with van der Waals surface area (Å²) in [5.41, 5.74) is 1.17. The van der Waals surface area contributed by atoms with Gasteiger partial charge in [0.2, 0.25) is 0 Å². The van der Waals surface area contributed by atoms with Crippen molar-refractivity contribution >= 4 is 19.5 Å². The first-order valence-electron chi connectivity index (χ1n) is 7.58. The Kier molecular flexibility index (Phi) is 8.59. The molecule has 1 N–H and O–H groups in total. The van der Waals surface area contributed by atoms with Gasteiger partial charge in [0.05, 0.1) is 13.3 Å². The standard InChI is InChI=1S/C16H23O6P/c1-21-15(17)11-7-12-16(18)22-23(19,20)13-6-5-10-14-8-3-2-4-9-14/h2-4,8-9H,5-7,10-13H2,1H3,(H,19,20). The zero-order chi connectivity index (χ0) is 17.1. The van der Waals surface area contributed by atoms with E-state index in [4.69, 9.17) is 0 Å². The number of carbonyl (C=O) groups is 2. The highest BCUT2D eigenvalue weighted by molar-refractivity contribution is 7.53. The zero-order valence-electron chi connectivity index (χ0n) is 13.3. The summed E-state index contributed by atoms with van der Waals surface area (Å²) in [5, 5.41) is 0. The van der Waals surface area contributed by atoms with Gasteiger partial charge in [-0.3, -0.25) is 9.59 Å². The van der Waals surface area contributed by atoms with E-state index in [1.54, 1.807) is 0 Å². The first-order chi connectivity index (χ1) is 10.9. The molecular weight excluding hydrogens is 319 g/mol. The van der Waals surface area contributed by atoms with Gasteiger partial charge in [-0.05, 0) is 31.2 Å². The number of unbranched alkanes of at least 4 members (excludes halogenated alkanes) is 1. The maximum Gasteiger partial charge on any atom is 0.378 e. The SMILES string of the molecule is COC(=O)CCCC(=O)OP(=O)(O)CCCCc1ccccc1. The number of hydrogen-bond donors (Lipinski definition) is 1. The van der Waals surface area contributed by atoms with Crippen LogP contribution in [0, 0.1) is 0 Å². The molecule has 0 saturated carbocycles. The molecule has 1 rings (SSSR count). The van der Waals surface area contributed by atoms with Crippen molar-refractivity contribution in [3.63, 3.8) is 0 Å². The minimum Gasteiger partial charge on any atom is -0.469 e. The van der Waals surface area contributed by atoms with Gasteiger partial charge in [-0.15, -0.1) is 0 Å². The topological polar surface area (TPSA) is 89.9 Å². The number of ether oxygens (including phenoxy) is 1. The van der Waals surface area contributed by atoms with Crippen molar-refractivity contribution < 1.29 is 28.3 Å². The van der Waals surface area contributed by atoms with E-state index in [9.17, 15) is 19.0 Å². The quantitative estimate of drug-likeness (QED) is 0.399. The highest BCUT2D eigenvalue weighted by atomic mass is 31.2. The molecule has 0 radical (unpaired) electrons. The number of methoxy groups -OCH3 is 1. The molecular formula is C16H23O6P. The second-order valence-electron chi connectivity index (χ2n) is 5.20. The Hall–Kier alpha value is -1.65. The van der Waals surface area contributed by atoms with E-state index >= 15 is 0 Å². The van der Waals surface area contributed by atoms with Crippen LogP contribution >= 0.6 is 7.60 Å². The van der Waals surface area contributed by atoms with Crippen molar-refractivity contribution in [2.75, 3.05) is 13.3 Å². The van der Waals surface area contributed by atoms with Crippen molar-refractivity contribution in [1.29, 1.82) is 0 Å². The van der Waals surface area contributed by atoms with Gasteiger partial charge < -0.3 is 14.2 Å². The fraction of sp³-hybridized carbons (Fsp3) is 0.500. The normalized spacial score (nSPS) is 13.1. The lowest BCUT2D eigenvalue weighted by Gasteiger charge is -2.11. The van der Waals surface area contributed by atoms with Gasteiger partial charge in [-0.2, -0.15) is 0 Å². The monoisotopic (exact) mass is 342 g/mol. The van der Waals surface area contributed by atoms with Crippen LogP contribution < -0.4 is 0 Å². The van der Waals surface area contributed by atoms with Crippen LogP contribution in [0.2, 0.25) is 0 Å². The zero-order valence-corrected chi connectivity index (χ0v) is 14.2. The predicted octanol–water partition coefficient (Wildman–Crippen LogP) is 3.08. The number of benzene rings is 1. The third-order valence-corrected chi connectivity index (χ3v) is 4.60. The van der Waals surface area contributed by atoms with E-state index in [0.29, 0.717) is 6.42 Å². The van der Waals surface area contributed by atoms with Crippen molar-refractivity contribution in [2.24, 2.45) is 0 Å². The van der Waals surface area contributed by atoms with Crippen molar-refractivity contribution in [2.45, 2.75) is 38.5 Å². The molecule has 6 nitrogen and oxygen atoms in total. The molecule has 1 atom stereocenters. The van der Waals surface area contributed by atoms with E-state index in [0.717, 1.165) is 12.8 Å². The largest absolute Gasteiger partial charge is 0.469 e. The average Bonchev–Trinajstić information content (AvgIpc) is 2.52. The second kappa shape index (κ2) is 10.2. The van der Waals surface area contributed by atoms with Crippen molar-refractivity contribution in [1.82, 2.24) is 0 Å². The Bertz CT molecular complexity index is 543. The molecule has 0 aliphatic carbocycles. The van der Waals surface area contributed by atoms with E-state index in [1.165, 1.54) is 12.7 Å². The molecule has 1 aromatic carbocycles. The third kappa shape index (κ3) is 9.16. The molecule has 0 aromatic heterocycles. The third-order valence-electron chi connectivity index (χ3n) is 3.23. The first-order valence-corrected chi connectivity index (χ1v) is 9.34. The van der Waals surface area contributed by atoms with E-state index < -0.39 is 19.5 Å². The van der Waals surface area contributed by atoms with Crippen LogP contribution in [0.4, 0.5) is 0 Å². The van der Waals surface area contributed by atoms with Crippen LogP contribution in [0.15, 0.2) is 30.3 Å². The van der Waals surface area contributed by atoms with Gasteiger partial charge in [-0.1, -0.05) is 30.3 Å². The molecule has 23 heavy (non-hydrogen) atoms. The van der Waals surface area contributed by atoms with E-state index in [1.807, 2.05) is 30.3 Å². The Morgan fingerprint density at radius 2 is 1.70 bits per heavy atom. The molecule has 1 unspecified atom stereocenters. The Morgan fingerprint density at radius 1 is 1.04 bits per heavy atom. The molecule has 0 aliphatic heterocycles. The van der Waals surface area contributed by atoms with Gasteiger partial charge in [-0.25, -0.2) is 4.57 Å². The van der Waals surface area contributed by atoms with Crippen molar-refractivity contribution in [3.8, 4) is 0 Å².